The number of benzene rings is 1. The highest BCUT2D eigenvalue weighted by atomic mass is 14.9. The fourth-order valence-corrected chi connectivity index (χ4v) is 2.57. The van der Waals surface area contributed by atoms with Crippen molar-refractivity contribution < 1.29 is 0 Å². The standard InChI is InChI=1S/C19H33N/c1-13(2)15-9-16(14(3)4)11-17(10-15)18(20-8)12-19(5,6)7/h9-11,13-14,18,20H,12H2,1-8H3. The molecule has 1 aromatic carbocycles. The third kappa shape index (κ3) is 4.94. The molecular formula is C19H33N. The zero-order valence-electron chi connectivity index (χ0n) is 14.7. The van der Waals surface area contributed by atoms with Crippen molar-refractivity contribution in [1.82, 2.24) is 5.32 Å². The third-order valence-electron chi connectivity index (χ3n) is 3.90. The molecule has 0 aliphatic carbocycles. The molecule has 0 saturated heterocycles. The van der Waals surface area contributed by atoms with Crippen molar-refractivity contribution >= 4 is 0 Å². The summed E-state index contributed by atoms with van der Waals surface area (Å²) < 4.78 is 0. The summed E-state index contributed by atoms with van der Waals surface area (Å²) in [5.74, 6) is 1.17. The Kier molecular flexibility index (Phi) is 5.82. The third-order valence-corrected chi connectivity index (χ3v) is 3.90. The average molecular weight is 275 g/mol. The van der Waals surface area contributed by atoms with Gasteiger partial charge in [0.25, 0.3) is 0 Å². The van der Waals surface area contributed by atoms with Crippen LogP contribution in [-0.4, -0.2) is 7.05 Å². The van der Waals surface area contributed by atoms with Crippen LogP contribution in [0.25, 0.3) is 0 Å². The van der Waals surface area contributed by atoms with Gasteiger partial charge >= 0.3 is 0 Å². The molecule has 1 nitrogen and oxygen atoms in total. The Morgan fingerprint density at radius 3 is 1.55 bits per heavy atom. The molecule has 0 spiro atoms. The van der Waals surface area contributed by atoms with E-state index in [0.717, 1.165) is 6.42 Å². The minimum absolute atomic E-state index is 0.333. The molecule has 0 bridgehead atoms. The Hall–Kier alpha value is -0.820. The second-order valence-electron chi connectivity index (χ2n) is 7.85. The fourth-order valence-electron chi connectivity index (χ4n) is 2.57. The van der Waals surface area contributed by atoms with Gasteiger partial charge in [0, 0.05) is 6.04 Å². The van der Waals surface area contributed by atoms with Crippen molar-refractivity contribution in [3.63, 3.8) is 0 Å². The first-order chi connectivity index (χ1) is 9.14. The molecule has 0 fully saturated rings. The van der Waals surface area contributed by atoms with Gasteiger partial charge in [0.1, 0.15) is 0 Å². The molecule has 0 aromatic heterocycles. The molecule has 114 valence electrons. The van der Waals surface area contributed by atoms with E-state index >= 15 is 0 Å². The summed E-state index contributed by atoms with van der Waals surface area (Å²) in [4.78, 5) is 0. The van der Waals surface area contributed by atoms with Crippen LogP contribution in [0.5, 0.6) is 0 Å². The van der Waals surface area contributed by atoms with Crippen LogP contribution in [0.4, 0.5) is 0 Å². The summed E-state index contributed by atoms with van der Waals surface area (Å²) in [6, 6.07) is 7.60. The highest BCUT2D eigenvalue weighted by Crippen LogP contribution is 2.32. The smallest absolute Gasteiger partial charge is 0.0322 e. The van der Waals surface area contributed by atoms with Gasteiger partial charge in [0.05, 0.1) is 0 Å². The maximum Gasteiger partial charge on any atom is 0.0322 e. The van der Waals surface area contributed by atoms with E-state index in [4.69, 9.17) is 0 Å². The summed E-state index contributed by atoms with van der Waals surface area (Å²) in [5.41, 5.74) is 4.69. The molecule has 0 heterocycles. The molecule has 0 amide bonds. The Morgan fingerprint density at radius 2 is 1.25 bits per heavy atom. The van der Waals surface area contributed by atoms with Gasteiger partial charge in [-0.2, -0.15) is 0 Å². The predicted octanol–water partition coefficient (Wildman–Crippen LogP) is 5.63. The summed E-state index contributed by atoms with van der Waals surface area (Å²) in [7, 11) is 2.08. The molecule has 1 aromatic rings. The highest BCUT2D eigenvalue weighted by Gasteiger charge is 2.20. The lowest BCUT2D eigenvalue weighted by molar-refractivity contribution is 0.320. The molecule has 1 rings (SSSR count). The van der Waals surface area contributed by atoms with Crippen LogP contribution in [0.2, 0.25) is 0 Å². The van der Waals surface area contributed by atoms with Gasteiger partial charge in [-0.25, -0.2) is 0 Å². The van der Waals surface area contributed by atoms with Crippen LogP contribution in [0.15, 0.2) is 18.2 Å². The van der Waals surface area contributed by atoms with Crippen LogP contribution in [0, 0.1) is 5.41 Å². The van der Waals surface area contributed by atoms with Crippen molar-refractivity contribution in [2.75, 3.05) is 7.05 Å². The van der Waals surface area contributed by atoms with Crippen LogP contribution < -0.4 is 5.32 Å². The van der Waals surface area contributed by atoms with E-state index in [-0.39, 0.29) is 0 Å². The van der Waals surface area contributed by atoms with Crippen molar-refractivity contribution in [1.29, 1.82) is 0 Å². The monoisotopic (exact) mass is 275 g/mol. The van der Waals surface area contributed by atoms with E-state index in [0.29, 0.717) is 23.3 Å². The first-order valence-corrected chi connectivity index (χ1v) is 7.96. The van der Waals surface area contributed by atoms with Gasteiger partial charge in [-0.15, -0.1) is 0 Å². The molecule has 0 saturated carbocycles. The first kappa shape index (κ1) is 17.2. The van der Waals surface area contributed by atoms with Crippen molar-refractivity contribution in [2.24, 2.45) is 5.41 Å². The van der Waals surface area contributed by atoms with Gasteiger partial charge in [0.15, 0.2) is 0 Å². The van der Waals surface area contributed by atoms with E-state index < -0.39 is 0 Å². The van der Waals surface area contributed by atoms with Crippen molar-refractivity contribution in [3.05, 3.63) is 34.9 Å². The SMILES string of the molecule is CNC(CC(C)(C)C)c1cc(C(C)C)cc(C(C)C)c1. The van der Waals surface area contributed by atoms with Gasteiger partial charge in [-0.05, 0) is 47.4 Å². The molecule has 1 unspecified atom stereocenters. The Balaban J connectivity index is 3.20. The topological polar surface area (TPSA) is 12.0 Å². The maximum absolute atomic E-state index is 3.51. The van der Waals surface area contributed by atoms with Gasteiger partial charge in [-0.3, -0.25) is 0 Å². The molecule has 1 atom stereocenters. The Bertz CT molecular complexity index is 398. The summed E-state index contributed by atoms with van der Waals surface area (Å²) in [5, 5.41) is 3.51. The van der Waals surface area contributed by atoms with E-state index in [1.807, 2.05) is 0 Å². The maximum atomic E-state index is 3.51. The summed E-state index contributed by atoms with van der Waals surface area (Å²) in [6.45, 7) is 16.1. The second kappa shape index (κ2) is 6.76. The molecule has 0 aliphatic heterocycles. The van der Waals surface area contributed by atoms with E-state index in [9.17, 15) is 0 Å². The average Bonchev–Trinajstić information content (AvgIpc) is 2.34. The second-order valence-corrected chi connectivity index (χ2v) is 7.85. The Morgan fingerprint density at radius 1 is 0.850 bits per heavy atom. The number of hydrogen-bond acceptors (Lipinski definition) is 1. The molecule has 1 N–H and O–H groups in total. The van der Waals surface area contributed by atoms with Crippen molar-refractivity contribution in [2.45, 2.75) is 72.8 Å². The van der Waals surface area contributed by atoms with Gasteiger partial charge in [0.2, 0.25) is 0 Å². The van der Waals surface area contributed by atoms with E-state index in [1.54, 1.807) is 0 Å². The minimum atomic E-state index is 0.333. The lowest BCUT2D eigenvalue weighted by Gasteiger charge is -2.27. The summed E-state index contributed by atoms with van der Waals surface area (Å²) in [6.07, 6.45) is 1.16. The van der Waals surface area contributed by atoms with E-state index in [1.165, 1.54) is 16.7 Å². The van der Waals surface area contributed by atoms with Crippen LogP contribution in [-0.2, 0) is 0 Å². The molecular weight excluding hydrogens is 242 g/mol. The summed E-state index contributed by atoms with van der Waals surface area (Å²) >= 11 is 0. The quantitative estimate of drug-likeness (QED) is 0.734. The highest BCUT2D eigenvalue weighted by molar-refractivity contribution is 5.35. The first-order valence-electron chi connectivity index (χ1n) is 7.96. The normalized spacial score (nSPS) is 14.1. The van der Waals surface area contributed by atoms with Gasteiger partial charge < -0.3 is 5.32 Å². The van der Waals surface area contributed by atoms with E-state index in [2.05, 4.69) is 79.0 Å². The Labute approximate surface area is 126 Å². The van der Waals surface area contributed by atoms with Crippen LogP contribution >= 0.6 is 0 Å². The molecule has 0 aliphatic rings. The van der Waals surface area contributed by atoms with Crippen LogP contribution in [0.1, 0.15) is 89.5 Å². The zero-order chi connectivity index (χ0) is 15.5. The minimum Gasteiger partial charge on any atom is -0.313 e. The van der Waals surface area contributed by atoms with Gasteiger partial charge in [-0.1, -0.05) is 66.7 Å². The molecule has 1 heteroatoms. The lowest BCUT2D eigenvalue weighted by Crippen LogP contribution is -2.23. The fraction of sp³-hybridized carbons (Fsp3) is 0.684. The van der Waals surface area contributed by atoms with Crippen molar-refractivity contribution in [3.8, 4) is 0 Å². The number of hydrogen-bond donors (Lipinski definition) is 1. The predicted molar refractivity (Wildman–Crippen MR) is 90.5 cm³/mol. The largest absolute Gasteiger partial charge is 0.313 e. The van der Waals surface area contributed by atoms with Crippen LogP contribution in [0.3, 0.4) is 0 Å². The zero-order valence-corrected chi connectivity index (χ0v) is 14.7. The number of rotatable bonds is 5. The molecule has 0 radical (unpaired) electrons. The lowest BCUT2D eigenvalue weighted by atomic mass is 9.83. The molecule has 20 heavy (non-hydrogen) atoms. The number of nitrogens with one attached hydrogen (secondary N) is 1.